The number of amides is 1. The zero-order chi connectivity index (χ0) is 14.8. The molecule has 2 aromatic carbocycles. The minimum absolute atomic E-state index is 0.204. The standard InChI is InChI=1S/C16H12BrN3O/c17-14-8-11(18)9-19-15(14)20-16(21)13-7-3-5-10-4-1-2-6-12(10)13/h1-9H,18H2,(H,19,20,21). The molecule has 3 rings (SSSR count). The summed E-state index contributed by atoms with van der Waals surface area (Å²) in [5.74, 6) is 0.243. The van der Waals surface area contributed by atoms with Crippen molar-refractivity contribution < 1.29 is 4.79 Å². The maximum absolute atomic E-state index is 12.5. The molecule has 0 aliphatic carbocycles. The number of nitrogen functional groups attached to an aromatic ring is 1. The first-order valence-electron chi connectivity index (χ1n) is 6.35. The maximum atomic E-state index is 12.5. The predicted octanol–water partition coefficient (Wildman–Crippen LogP) is 3.83. The van der Waals surface area contributed by atoms with Gasteiger partial charge < -0.3 is 11.1 Å². The Hall–Kier alpha value is -2.40. The summed E-state index contributed by atoms with van der Waals surface area (Å²) in [6.45, 7) is 0. The summed E-state index contributed by atoms with van der Waals surface area (Å²) in [6, 6.07) is 15.1. The molecule has 1 aromatic heterocycles. The van der Waals surface area contributed by atoms with Gasteiger partial charge in [-0.3, -0.25) is 4.79 Å². The number of hydrogen-bond donors (Lipinski definition) is 2. The van der Waals surface area contributed by atoms with Crippen molar-refractivity contribution in [2.45, 2.75) is 0 Å². The number of hydrogen-bond acceptors (Lipinski definition) is 3. The first-order valence-corrected chi connectivity index (χ1v) is 7.14. The largest absolute Gasteiger partial charge is 0.397 e. The van der Waals surface area contributed by atoms with E-state index in [2.05, 4.69) is 26.2 Å². The summed E-state index contributed by atoms with van der Waals surface area (Å²) in [7, 11) is 0. The lowest BCUT2D eigenvalue weighted by Crippen LogP contribution is -2.14. The molecule has 0 saturated carbocycles. The highest BCUT2D eigenvalue weighted by Gasteiger charge is 2.12. The normalized spacial score (nSPS) is 10.5. The van der Waals surface area contributed by atoms with Crippen molar-refractivity contribution in [1.82, 2.24) is 4.98 Å². The number of rotatable bonds is 2. The number of nitrogens with one attached hydrogen (secondary N) is 1. The molecule has 21 heavy (non-hydrogen) atoms. The third kappa shape index (κ3) is 2.73. The summed E-state index contributed by atoms with van der Waals surface area (Å²) >= 11 is 3.34. The SMILES string of the molecule is Nc1cnc(NC(=O)c2cccc3ccccc23)c(Br)c1. The third-order valence-electron chi connectivity index (χ3n) is 3.13. The number of anilines is 2. The molecule has 0 spiro atoms. The van der Waals surface area contributed by atoms with Crippen LogP contribution >= 0.6 is 15.9 Å². The van der Waals surface area contributed by atoms with Crippen LogP contribution in [-0.4, -0.2) is 10.9 Å². The van der Waals surface area contributed by atoms with Crippen LogP contribution < -0.4 is 11.1 Å². The molecule has 1 heterocycles. The zero-order valence-electron chi connectivity index (χ0n) is 11.0. The second kappa shape index (κ2) is 5.54. The van der Waals surface area contributed by atoms with E-state index in [0.29, 0.717) is 21.5 Å². The van der Waals surface area contributed by atoms with E-state index < -0.39 is 0 Å². The summed E-state index contributed by atoms with van der Waals surface area (Å²) in [5.41, 5.74) is 6.78. The Morgan fingerprint density at radius 3 is 2.71 bits per heavy atom. The minimum Gasteiger partial charge on any atom is -0.397 e. The molecule has 3 N–H and O–H groups in total. The molecule has 1 amide bonds. The number of aromatic nitrogens is 1. The van der Waals surface area contributed by atoms with Crippen molar-refractivity contribution in [2.75, 3.05) is 11.1 Å². The van der Waals surface area contributed by atoms with Crippen molar-refractivity contribution in [3.63, 3.8) is 0 Å². The van der Waals surface area contributed by atoms with Gasteiger partial charge >= 0.3 is 0 Å². The van der Waals surface area contributed by atoms with Gasteiger partial charge in [0.2, 0.25) is 0 Å². The van der Waals surface area contributed by atoms with Gasteiger partial charge in [0.1, 0.15) is 5.82 Å². The van der Waals surface area contributed by atoms with Crippen molar-refractivity contribution in [1.29, 1.82) is 0 Å². The lowest BCUT2D eigenvalue weighted by molar-refractivity contribution is 0.102. The van der Waals surface area contributed by atoms with Crippen molar-refractivity contribution in [2.24, 2.45) is 0 Å². The smallest absolute Gasteiger partial charge is 0.257 e. The predicted molar refractivity (Wildman–Crippen MR) is 88.3 cm³/mol. The van der Waals surface area contributed by atoms with E-state index in [-0.39, 0.29) is 5.91 Å². The van der Waals surface area contributed by atoms with Crippen LogP contribution in [0.15, 0.2) is 59.2 Å². The summed E-state index contributed by atoms with van der Waals surface area (Å²) in [6.07, 6.45) is 1.50. The highest BCUT2D eigenvalue weighted by atomic mass is 79.9. The summed E-state index contributed by atoms with van der Waals surface area (Å²) < 4.78 is 0.649. The van der Waals surface area contributed by atoms with Gasteiger partial charge in [-0.15, -0.1) is 0 Å². The number of halogens is 1. The van der Waals surface area contributed by atoms with Gasteiger partial charge in [-0.25, -0.2) is 4.98 Å². The second-order valence-corrected chi connectivity index (χ2v) is 5.43. The van der Waals surface area contributed by atoms with Crippen LogP contribution in [0.3, 0.4) is 0 Å². The second-order valence-electron chi connectivity index (χ2n) is 4.58. The first-order chi connectivity index (χ1) is 10.1. The van der Waals surface area contributed by atoms with Gasteiger partial charge in [0.15, 0.2) is 0 Å². The lowest BCUT2D eigenvalue weighted by atomic mass is 10.0. The molecular weight excluding hydrogens is 330 g/mol. The zero-order valence-corrected chi connectivity index (χ0v) is 12.6. The maximum Gasteiger partial charge on any atom is 0.257 e. The average molecular weight is 342 g/mol. The van der Waals surface area contributed by atoms with Crippen LogP contribution in [0.2, 0.25) is 0 Å². The van der Waals surface area contributed by atoms with Crippen LogP contribution in [0.5, 0.6) is 0 Å². The Bertz CT molecular complexity index is 827. The Morgan fingerprint density at radius 1 is 1.14 bits per heavy atom. The molecule has 4 nitrogen and oxygen atoms in total. The molecule has 0 radical (unpaired) electrons. The average Bonchev–Trinajstić information content (AvgIpc) is 2.49. The van der Waals surface area contributed by atoms with Crippen LogP contribution in [0.4, 0.5) is 11.5 Å². The van der Waals surface area contributed by atoms with E-state index in [4.69, 9.17) is 5.73 Å². The summed E-state index contributed by atoms with van der Waals surface area (Å²) in [5, 5.41) is 4.72. The molecule has 5 heteroatoms. The van der Waals surface area contributed by atoms with Gasteiger partial charge in [0, 0.05) is 5.56 Å². The Balaban J connectivity index is 1.97. The van der Waals surface area contributed by atoms with Crippen molar-refractivity contribution in [3.8, 4) is 0 Å². The molecule has 0 unspecified atom stereocenters. The molecule has 0 saturated heterocycles. The van der Waals surface area contributed by atoms with Crippen LogP contribution in [-0.2, 0) is 0 Å². The molecule has 0 aliphatic rings. The Kier molecular flexibility index (Phi) is 3.58. The number of benzene rings is 2. The van der Waals surface area contributed by atoms with Crippen molar-refractivity contribution in [3.05, 3.63) is 64.8 Å². The van der Waals surface area contributed by atoms with Gasteiger partial charge in [0.05, 0.1) is 16.4 Å². The number of carbonyl (C=O) groups excluding carboxylic acids is 1. The van der Waals surface area contributed by atoms with Gasteiger partial charge in [-0.2, -0.15) is 0 Å². The van der Waals surface area contributed by atoms with Gasteiger partial charge in [-0.1, -0.05) is 36.4 Å². The fraction of sp³-hybridized carbons (Fsp3) is 0. The quantitative estimate of drug-likeness (QED) is 0.744. The van der Waals surface area contributed by atoms with E-state index in [1.807, 2.05) is 36.4 Å². The Labute approximate surface area is 130 Å². The number of nitrogens with zero attached hydrogens (tertiary/aromatic N) is 1. The lowest BCUT2D eigenvalue weighted by Gasteiger charge is -2.09. The molecule has 104 valence electrons. The fourth-order valence-electron chi connectivity index (χ4n) is 2.14. The monoisotopic (exact) mass is 341 g/mol. The van der Waals surface area contributed by atoms with Gasteiger partial charge in [-0.05, 0) is 38.8 Å². The highest BCUT2D eigenvalue weighted by Crippen LogP contribution is 2.24. The first kappa shape index (κ1) is 13.6. The van der Waals surface area contributed by atoms with E-state index in [0.717, 1.165) is 10.8 Å². The highest BCUT2D eigenvalue weighted by molar-refractivity contribution is 9.10. The van der Waals surface area contributed by atoms with E-state index >= 15 is 0 Å². The molecule has 3 aromatic rings. The van der Waals surface area contributed by atoms with E-state index in [1.54, 1.807) is 12.1 Å². The van der Waals surface area contributed by atoms with Crippen molar-refractivity contribution >= 4 is 44.1 Å². The van der Waals surface area contributed by atoms with E-state index in [9.17, 15) is 4.79 Å². The van der Waals surface area contributed by atoms with Crippen LogP contribution in [0.1, 0.15) is 10.4 Å². The number of carbonyl (C=O) groups is 1. The number of pyridine rings is 1. The molecule has 0 aliphatic heterocycles. The van der Waals surface area contributed by atoms with Crippen LogP contribution in [0, 0.1) is 0 Å². The third-order valence-corrected chi connectivity index (χ3v) is 3.73. The number of fused-ring (bicyclic) bond motifs is 1. The fourth-order valence-corrected chi connectivity index (χ4v) is 2.61. The van der Waals surface area contributed by atoms with Crippen LogP contribution in [0.25, 0.3) is 10.8 Å². The summed E-state index contributed by atoms with van der Waals surface area (Å²) in [4.78, 5) is 16.6. The minimum atomic E-state index is -0.204. The van der Waals surface area contributed by atoms with E-state index in [1.165, 1.54) is 6.20 Å². The number of nitrogens with two attached hydrogens (primary N) is 1. The topological polar surface area (TPSA) is 68.0 Å². The molecule has 0 fully saturated rings. The van der Waals surface area contributed by atoms with Gasteiger partial charge in [0.25, 0.3) is 5.91 Å². The Morgan fingerprint density at radius 2 is 1.90 bits per heavy atom. The molecular formula is C16H12BrN3O. The molecule has 0 bridgehead atoms. The molecule has 0 atom stereocenters.